The molecule has 2 aromatic rings. The average Bonchev–Trinajstić information content (AvgIpc) is 2.61. The zero-order valence-electron chi connectivity index (χ0n) is 13.6. The van der Waals surface area contributed by atoms with Crippen molar-refractivity contribution in [3.05, 3.63) is 46.9 Å². The van der Waals surface area contributed by atoms with Crippen LogP contribution in [0.5, 0.6) is 0 Å². The van der Waals surface area contributed by atoms with Crippen molar-refractivity contribution in [2.75, 3.05) is 19.0 Å². The summed E-state index contributed by atoms with van der Waals surface area (Å²) in [4.78, 5) is 1.66. The molecule has 0 N–H and O–H groups in total. The second-order valence-electron chi connectivity index (χ2n) is 5.17. The highest BCUT2D eigenvalue weighted by atomic mass is 79.9. The van der Waals surface area contributed by atoms with Crippen LogP contribution in [0.4, 0.5) is 36.1 Å². The number of nitrogens with zero attached hydrogens (tertiary/aromatic N) is 4. The van der Waals surface area contributed by atoms with Crippen LogP contribution in [-0.2, 0) is 14.4 Å². The topological polar surface area (TPSA) is 66.6 Å². The van der Waals surface area contributed by atoms with Crippen molar-refractivity contribution < 1.29 is 21.9 Å². The van der Waals surface area contributed by atoms with Crippen LogP contribution in [0, 0.1) is 0 Å². The lowest BCUT2D eigenvalue weighted by Crippen LogP contribution is -2.11. The van der Waals surface area contributed by atoms with Gasteiger partial charge in [0.15, 0.2) is 0 Å². The van der Waals surface area contributed by atoms with Gasteiger partial charge in [0.25, 0.3) is 10.0 Å². The van der Waals surface area contributed by atoms with Gasteiger partial charge in [-0.2, -0.15) is 18.3 Å². The molecule has 0 saturated carbocycles. The molecular weight excluding hydrogens is 437 g/mol. The molecule has 6 nitrogen and oxygen atoms in total. The lowest BCUT2D eigenvalue weighted by atomic mass is 10.2. The average molecular weight is 451 g/mol. The summed E-state index contributed by atoms with van der Waals surface area (Å²) in [6.45, 7) is 0. The normalized spacial score (nSPS) is 13.8. The highest BCUT2D eigenvalue weighted by Crippen LogP contribution is 2.35. The van der Waals surface area contributed by atoms with Gasteiger partial charge in [-0.3, -0.25) is 0 Å². The number of rotatable bonds is 6. The van der Waals surface area contributed by atoms with Gasteiger partial charge in [0, 0.05) is 24.3 Å². The second kappa shape index (κ2) is 8.60. The summed E-state index contributed by atoms with van der Waals surface area (Å²) in [6.07, 6.45) is 0. The van der Waals surface area contributed by atoms with E-state index in [2.05, 4.69) is 34.9 Å². The molecule has 0 bridgehead atoms. The molecule has 1 unspecified atom stereocenters. The number of benzene rings is 2. The van der Waals surface area contributed by atoms with Gasteiger partial charge in [-0.25, -0.2) is 4.21 Å². The fraction of sp³-hybridized carbons (Fsp3) is 0.200. The quantitative estimate of drug-likeness (QED) is 0.501. The Bertz CT molecular complexity index is 914. The molecule has 2 rings (SSSR count). The number of hydrogen-bond acceptors (Lipinski definition) is 6. The molecular formula is C15H14BrF3N4O2S. The first-order valence-corrected chi connectivity index (χ1v) is 9.38. The number of alkyl halides is 2. The smallest absolute Gasteiger partial charge is 0.345 e. The Morgan fingerprint density at radius 3 is 2.27 bits per heavy atom. The predicted octanol–water partition coefficient (Wildman–Crippen LogP) is 6.07. The Hall–Kier alpha value is -1.98. The van der Waals surface area contributed by atoms with Gasteiger partial charge in [0.2, 0.25) is 0 Å². The number of halogens is 4. The van der Waals surface area contributed by atoms with E-state index >= 15 is 0 Å². The second-order valence-corrected chi connectivity index (χ2v) is 7.78. The fourth-order valence-corrected chi connectivity index (χ4v) is 2.63. The lowest BCUT2D eigenvalue weighted by Gasteiger charge is -2.13. The predicted molar refractivity (Wildman–Crippen MR) is 97.5 cm³/mol. The number of anilines is 1. The first-order valence-electron chi connectivity index (χ1n) is 7.08. The molecule has 0 amide bonds. The molecule has 0 radical (unpaired) electrons. The van der Waals surface area contributed by atoms with Gasteiger partial charge in [-0.15, -0.1) is 5.11 Å². The summed E-state index contributed by atoms with van der Waals surface area (Å²) in [5.74, 6) is -3.63. The van der Waals surface area contributed by atoms with E-state index in [1.54, 1.807) is 49.3 Å². The van der Waals surface area contributed by atoms with Crippen LogP contribution in [0.3, 0.4) is 0 Å². The molecule has 0 spiro atoms. The molecule has 0 aliphatic heterocycles. The first kappa shape index (κ1) is 20.3. The van der Waals surface area contributed by atoms with Crippen LogP contribution in [0.2, 0.25) is 0 Å². The fourth-order valence-electron chi connectivity index (χ4n) is 1.79. The van der Waals surface area contributed by atoms with Crippen LogP contribution < -0.4 is 4.90 Å². The SMILES string of the molecule is CN(C)c1ccc(N=Nc2ccc(Br)cc2)c(N=S(=O)(OF)C(F)F)c1. The Balaban J connectivity index is 2.53. The third-order valence-corrected chi connectivity index (χ3v) is 4.73. The lowest BCUT2D eigenvalue weighted by molar-refractivity contribution is -0.000950. The van der Waals surface area contributed by atoms with Crippen LogP contribution in [-0.4, -0.2) is 24.1 Å². The van der Waals surface area contributed by atoms with E-state index in [0.717, 1.165) is 4.47 Å². The maximum Gasteiger partial charge on any atom is 0.345 e. The summed E-state index contributed by atoms with van der Waals surface area (Å²) >= 11 is 3.28. The molecule has 26 heavy (non-hydrogen) atoms. The van der Waals surface area contributed by atoms with Gasteiger partial charge in [-0.1, -0.05) is 20.3 Å². The molecule has 11 heteroatoms. The van der Waals surface area contributed by atoms with E-state index in [-0.39, 0.29) is 11.4 Å². The third kappa shape index (κ3) is 5.02. The first-order chi connectivity index (χ1) is 12.2. The minimum absolute atomic E-state index is 0.0314. The van der Waals surface area contributed by atoms with E-state index in [4.69, 9.17) is 0 Å². The van der Waals surface area contributed by atoms with Crippen LogP contribution in [0.1, 0.15) is 0 Å². The zero-order valence-corrected chi connectivity index (χ0v) is 16.0. The molecule has 0 heterocycles. The Kier molecular flexibility index (Phi) is 6.73. The van der Waals surface area contributed by atoms with Crippen molar-refractivity contribution in [2.24, 2.45) is 14.6 Å². The summed E-state index contributed by atoms with van der Waals surface area (Å²) in [5.41, 5.74) is 0.845. The Labute approximate surface area is 157 Å². The minimum atomic E-state index is -4.85. The van der Waals surface area contributed by atoms with E-state index in [0.29, 0.717) is 11.4 Å². The van der Waals surface area contributed by atoms with Gasteiger partial charge in [0.05, 0.1) is 5.69 Å². The van der Waals surface area contributed by atoms with Crippen LogP contribution in [0.15, 0.2) is 61.5 Å². The van der Waals surface area contributed by atoms with Crippen molar-refractivity contribution in [1.82, 2.24) is 0 Å². The van der Waals surface area contributed by atoms with Crippen molar-refractivity contribution >= 4 is 48.7 Å². The van der Waals surface area contributed by atoms with E-state index in [1.807, 2.05) is 0 Å². The highest BCUT2D eigenvalue weighted by molar-refractivity contribution is 9.10. The summed E-state index contributed by atoms with van der Waals surface area (Å²) in [7, 11) is -1.44. The van der Waals surface area contributed by atoms with Crippen molar-refractivity contribution in [3.63, 3.8) is 0 Å². The maximum absolute atomic E-state index is 12.8. The van der Waals surface area contributed by atoms with E-state index in [1.165, 1.54) is 12.1 Å². The van der Waals surface area contributed by atoms with Crippen LogP contribution >= 0.6 is 15.9 Å². The molecule has 0 aliphatic carbocycles. The van der Waals surface area contributed by atoms with E-state index in [9.17, 15) is 17.5 Å². The van der Waals surface area contributed by atoms with Gasteiger partial charge < -0.3 is 4.90 Å². The van der Waals surface area contributed by atoms with Crippen molar-refractivity contribution in [2.45, 2.75) is 5.76 Å². The molecule has 1 atom stereocenters. The molecule has 0 fully saturated rings. The van der Waals surface area contributed by atoms with E-state index < -0.39 is 15.8 Å². The van der Waals surface area contributed by atoms with Crippen LogP contribution in [0.25, 0.3) is 0 Å². The summed E-state index contributed by atoms with van der Waals surface area (Å²) < 4.78 is 57.0. The summed E-state index contributed by atoms with van der Waals surface area (Å²) in [6, 6.07) is 11.2. The molecule has 140 valence electrons. The van der Waals surface area contributed by atoms with Crippen molar-refractivity contribution in [1.29, 1.82) is 0 Å². The number of azo groups is 1. The molecule has 0 aliphatic rings. The Morgan fingerprint density at radius 2 is 1.73 bits per heavy atom. The Morgan fingerprint density at radius 1 is 1.08 bits per heavy atom. The molecule has 0 aromatic heterocycles. The maximum atomic E-state index is 12.8. The monoisotopic (exact) mass is 450 g/mol. The molecule has 0 saturated heterocycles. The van der Waals surface area contributed by atoms with Crippen molar-refractivity contribution in [3.8, 4) is 0 Å². The molecule has 2 aromatic carbocycles. The minimum Gasteiger partial charge on any atom is -0.378 e. The largest absolute Gasteiger partial charge is 0.378 e. The highest BCUT2D eigenvalue weighted by Gasteiger charge is 2.25. The number of hydrogen-bond donors (Lipinski definition) is 0. The van der Waals surface area contributed by atoms with Gasteiger partial charge in [0.1, 0.15) is 11.4 Å². The zero-order chi connectivity index (χ0) is 19.3. The van der Waals surface area contributed by atoms with Gasteiger partial charge >= 0.3 is 5.76 Å². The standard InChI is InChI=1S/C15H14BrF3N4O2S/c1-23(2)12-7-8-13(21-20-11-5-3-10(16)4-6-11)14(9-12)22-26(24,25-19)15(17)18/h3-9,15H,1-2H3. The third-order valence-electron chi connectivity index (χ3n) is 3.12. The van der Waals surface area contributed by atoms with Gasteiger partial charge in [-0.05, 0) is 47.0 Å². The summed E-state index contributed by atoms with van der Waals surface area (Å²) in [5, 5.41) is 7.90.